The van der Waals surface area contributed by atoms with Gasteiger partial charge in [-0.3, -0.25) is 20.0 Å². The van der Waals surface area contributed by atoms with Crippen molar-refractivity contribution in [2.75, 3.05) is 26.1 Å². The Morgan fingerprint density at radius 1 is 1.33 bits per heavy atom. The summed E-state index contributed by atoms with van der Waals surface area (Å²) in [5, 5.41) is 9.04. The van der Waals surface area contributed by atoms with Crippen molar-refractivity contribution in [1.82, 2.24) is 19.7 Å². The number of nitrogens with one attached hydrogen (secondary N) is 2. The number of nitrogens with zero attached hydrogens (tertiary/aromatic N) is 3. The summed E-state index contributed by atoms with van der Waals surface area (Å²) < 4.78 is 11.4. The van der Waals surface area contributed by atoms with Gasteiger partial charge in [-0.2, -0.15) is 4.98 Å². The van der Waals surface area contributed by atoms with Gasteiger partial charge in [0.15, 0.2) is 5.82 Å². The summed E-state index contributed by atoms with van der Waals surface area (Å²) in [6, 6.07) is 1.79. The van der Waals surface area contributed by atoms with E-state index in [-0.39, 0.29) is 23.7 Å². The molecule has 0 saturated heterocycles. The van der Waals surface area contributed by atoms with Crippen LogP contribution in [0, 0.1) is 13.8 Å². The van der Waals surface area contributed by atoms with Gasteiger partial charge in [0, 0.05) is 26.5 Å². The first-order valence-corrected chi connectivity index (χ1v) is 7.39. The SMILES string of the molecule is COCCn1c(C)cc(C)c(C(=O)Nc2n[nH]c(COC)n2)c1=O. The van der Waals surface area contributed by atoms with Crippen molar-refractivity contribution in [3.63, 3.8) is 0 Å². The van der Waals surface area contributed by atoms with E-state index in [4.69, 9.17) is 9.47 Å². The molecule has 2 aromatic heterocycles. The van der Waals surface area contributed by atoms with E-state index in [0.29, 0.717) is 24.5 Å². The number of ether oxygens (including phenoxy) is 2. The second kappa shape index (κ2) is 7.84. The van der Waals surface area contributed by atoms with Gasteiger partial charge in [-0.25, -0.2) is 0 Å². The zero-order valence-corrected chi connectivity index (χ0v) is 14.2. The number of pyridine rings is 1. The molecule has 0 unspecified atom stereocenters. The molecule has 2 N–H and O–H groups in total. The molecule has 0 atom stereocenters. The fraction of sp³-hybridized carbons (Fsp3) is 0.467. The van der Waals surface area contributed by atoms with Gasteiger partial charge < -0.3 is 14.0 Å². The predicted octanol–water partition coefficient (Wildman–Crippen LogP) is 0.628. The van der Waals surface area contributed by atoms with Crippen LogP contribution in [0.2, 0.25) is 0 Å². The fourth-order valence-electron chi connectivity index (χ4n) is 2.38. The summed E-state index contributed by atoms with van der Waals surface area (Å²) in [5.41, 5.74) is 1.06. The minimum Gasteiger partial charge on any atom is -0.383 e. The lowest BCUT2D eigenvalue weighted by molar-refractivity contribution is 0.102. The maximum atomic E-state index is 12.6. The molecule has 0 aliphatic rings. The van der Waals surface area contributed by atoms with E-state index in [1.165, 1.54) is 11.7 Å². The standard InChI is InChI=1S/C15H21N5O4/c1-9-7-10(2)20(5-6-23-3)14(22)12(9)13(21)17-15-16-11(8-24-4)18-19-15/h7H,5-6,8H2,1-4H3,(H2,16,17,18,19,21). The van der Waals surface area contributed by atoms with E-state index >= 15 is 0 Å². The Kier molecular flexibility index (Phi) is 5.83. The molecule has 9 heteroatoms. The van der Waals surface area contributed by atoms with Gasteiger partial charge in [0.25, 0.3) is 11.5 Å². The third kappa shape index (κ3) is 3.87. The van der Waals surface area contributed by atoms with Crippen LogP contribution in [-0.4, -0.2) is 46.5 Å². The van der Waals surface area contributed by atoms with E-state index in [1.807, 2.05) is 6.92 Å². The first-order chi connectivity index (χ1) is 11.5. The smallest absolute Gasteiger partial charge is 0.263 e. The summed E-state index contributed by atoms with van der Waals surface area (Å²) in [4.78, 5) is 29.2. The van der Waals surface area contributed by atoms with Gasteiger partial charge in [-0.1, -0.05) is 0 Å². The minimum atomic E-state index is -0.549. The lowest BCUT2D eigenvalue weighted by Crippen LogP contribution is -2.33. The number of methoxy groups -OCH3 is 2. The molecule has 0 radical (unpaired) electrons. The number of hydrogen-bond donors (Lipinski definition) is 2. The molecule has 0 saturated carbocycles. The highest BCUT2D eigenvalue weighted by Crippen LogP contribution is 2.09. The molecule has 24 heavy (non-hydrogen) atoms. The van der Waals surface area contributed by atoms with Crippen LogP contribution in [0.4, 0.5) is 5.95 Å². The Labute approximate surface area is 139 Å². The van der Waals surface area contributed by atoms with Crippen molar-refractivity contribution >= 4 is 11.9 Å². The normalized spacial score (nSPS) is 10.8. The van der Waals surface area contributed by atoms with Gasteiger partial charge in [-0.05, 0) is 25.5 Å². The maximum Gasteiger partial charge on any atom is 0.263 e. The quantitative estimate of drug-likeness (QED) is 0.767. The number of aromatic nitrogens is 4. The van der Waals surface area contributed by atoms with Crippen LogP contribution in [0.3, 0.4) is 0 Å². The van der Waals surface area contributed by atoms with Crippen LogP contribution >= 0.6 is 0 Å². The monoisotopic (exact) mass is 335 g/mol. The van der Waals surface area contributed by atoms with Gasteiger partial charge in [-0.15, -0.1) is 5.10 Å². The average Bonchev–Trinajstić information content (AvgIpc) is 2.94. The van der Waals surface area contributed by atoms with Gasteiger partial charge in [0.2, 0.25) is 5.95 Å². The average molecular weight is 335 g/mol. The van der Waals surface area contributed by atoms with Crippen molar-refractivity contribution in [2.45, 2.75) is 27.0 Å². The number of aromatic amines is 1. The number of hydrogen-bond acceptors (Lipinski definition) is 6. The number of rotatable bonds is 7. The topological polar surface area (TPSA) is 111 Å². The highest BCUT2D eigenvalue weighted by Gasteiger charge is 2.19. The number of amides is 1. The summed E-state index contributed by atoms with van der Waals surface area (Å²) in [5.74, 6) is 0.0208. The zero-order valence-electron chi connectivity index (χ0n) is 14.2. The highest BCUT2D eigenvalue weighted by atomic mass is 16.5. The highest BCUT2D eigenvalue weighted by molar-refractivity contribution is 6.04. The predicted molar refractivity (Wildman–Crippen MR) is 87.1 cm³/mol. The first-order valence-electron chi connectivity index (χ1n) is 7.39. The lowest BCUT2D eigenvalue weighted by atomic mass is 10.1. The zero-order chi connectivity index (χ0) is 17.7. The summed E-state index contributed by atoms with van der Waals surface area (Å²) >= 11 is 0. The number of carbonyl (C=O) groups is 1. The summed E-state index contributed by atoms with van der Waals surface area (Å²) in [6.07, 6.45) is 0. The van der Waals surface area contributed by atoms with Gasteiger partial charge in [0.1, 0.15) is 12.2 Å². The molecule has 1 amide bonds. The van der Waals surface area contributed by atoms with E-state index in [1.54, 1.807) is 20.1 Å². The van der Waals surface area contributed by atoms with Crippen molar-refractivity contribution in [2.24, 2.45) is 0 Å². The Balaban J connectivity index is 2.29. The van der Waals surface area contributed by atoms with E-state index in [2.05, 4.69) is 20.5 Å². The number of anilines is 1. The van der Waals surface area contributed by atoms with Crippen LogP contribution in [-0.2, 0) is 22.6 Å². The molecule has 2 aromatic rings. The molecule has 0 bridgehead atoms. The van der Waals surface area contributed by atoms with E-state index in [0.717, 1.165) is 5.69 Å². The van der Waals surface area contributed by atoms with E-state index < -0.39 is 5.91 Å². The third-order valence-corrected chi connectivity index (χ3v) is 3.49. The van der Waals surface area contributed by atoms with Crippen LogP contribution in [0.15, 0.2) is 10.9 Å². The Bertz CT molecular complexity index is 781. The van der Waals surface area contributed by atoms with Crippen molar-refractivity contribution in [3.05, 3.63) is 39.1 Å². The van der Waals surface area contributed by atoms with Crippen molar-refractivity contribution in [3.8, 4) is 0 Å². The number of aryl methyl sites for hydroxylation is 2. The summed E-state index contributed by atoms with van der Waals surface area (Å²) in [6.45, 7) is 4.54. The first kappa shape index (κ1) is 17.8. The molecule has 0 aliphatic carbocycles. The fourth-order valence-corrected chi connectivity index (χ4v) is 2.38. The van der Waals surface area contributed by atoms with Crippen LogP contribution in [0.1, 0.15) is 27.4 Å². The molecular formula is C15H21N5O4. The molecule has 0 fully saturated rings. The van der Waals surface area contributed by atoms with Crippen molar-refractivity contribution in [1.29, 1.82) is 0 Å². The lowest BCUT2D eigenvalue weighted by Gasteiger charge is -2.13. The molecule has 2 heterocycles. The van der Waals surface area contributed by atoms with Crippen LogP contribution in [0.5, 0.6) is 0 Å². The second-order valence-electron chi connectivity index (χ2n) is 5.29. The van der Waals surface area contributed by atoms with Crippen LogP contribution < -0.4 is 10.9 Å². The van der Waals surface area contributed by atoms with Gasteiger partial charge >= 0.3 is 0 Å². The number of H-pyrrole nitrogens is 1. The molecule has 130 valence electrons. The molecule has 2 rings (SSSR count). The molecular weight excluding hydrogens is 314 g/mol. The molecule has 0 spiro atoms. The molecule has 0 aromatic carbocycles. The van der Waals surface area contributed by atoms with Gasteiger partial charge in [0.05, 0.1) is 6.61 Å². The Hall–Kier alpha value is -2.52. The minimum absolute atomic E-state index is 0.0646. The summed E-state index contributed by atoms with van der Waals surface area (Å²) in [7, 11) is 3.09. The molecule has 9 nitrogen and oxygen atoms in total. The number of carbonyl (C=O) groups excluding carboxylic acids is 1. The van der Waals surface area contributed by atoms with Crippen molar-refractivity contribution < 1.29 is 14.3 Å². The van der Waals surface area contributed by atoms with Crippen LogP contribution in [0.25, 0.3) is 0 Å². The Morgan fingerprint density at radius 2 is 2.08 bits per heavy atom. The second-order valence-corrected chi connectivity index (χ2v) is 5.29. The largest absolute Gasteiger partial charge is 0.383 e. The molecule has 0 aliphatic heterocycles. The maximum absolute atomic E-state index is 12.6. The Morgan fingerprint density at radius 3 is 2.75 bits per heavy atom. The third-order valence-electron chi connectivity index (χ3n) is 3.49. The van der Waals surface area contributed by atoms with E-state index in [9.17, 15) is 9.59 Å².